The maximum absolute atomic E-state index is 11.2. The molecule has 0 aromatic rings. The highest BCUT2D eigenvalue weighted by atomic mass is 16.4. The van der Waals surface area contributed by atoms with Gasteiger partial charge in [0.05, 0.1) is 5.92 Å². The lowest BCUT2D eigenvalue weighted by Crippen LogP contribution is -2.11. The molecule has 0 bridgehead atoms. The Balaban J connectivity index is 3.53. The van der Waals surface area contributed by atoms with E-state index in [9.17, 15) is 9.59 Å². The van der Waals surface area contributed by atoms with Crippen molar-refractivity contribution in [3.8, 4) is 0 Å². The first-order valence-electron chi connectivity index (χ1n) is 4.93. The summed E-state index contributed by atoms with van der Waals surface area (Å²) in [6, 6.07) is 0. The van der Waals surface area contributed by atoms with Gasteiger partial charge in [0.15, 0.2) is 0 Å². The lowest BCUT2D eigenvalue weighted by Gasteiger charge is -2.04. The summed E-state index contributed by atoms with van der Waals surface area (Å²) in [6.07, 6.45) is 4.82. The number of rotatable bonds is 8. The summed E-state index contributed by atoms with van der Waals surface area (Å²) in [4.78, 5) is 21.7. The highest BCUT2D eigenvalue weighted by Gasteiger charge is 2.12. The lowest BCUT2D eigenvalue weighted by molar-refractivity contribution is -0.141. The van der Waals surface area contributed by atoms with Crippen molar-refractivity contribution in [2.24, 2.45) is 5.92 Å². The van der Waals surface area contributed by atoms with Crippen molar-refractivity contribution in [1.82, 2.24) is 0 Å². The van der Waals surface area contributed by atoms with Gasteiger partial charge in [-0.15, -0.1) is 6.58 Å². The number of Topliss-reactive ketones (excluding diaryl/α,β-unsaturated/α-hetero) is 1. The summed E-state index contributed by atoms with van der Waals surface area (Å²) < 4.78 is 0. The SMILES string of the molecule is C=CCCCC(=O)CCC(C)C(=O)O. The molecule has 1 N–H and O–H groups in total. The first kappa shape index (κ1) is 12.9. The summed E-state index contributed by atoms with van der Waals surface area (Å²) in [5, 5.41) is 8.58. The fourth-order valence-corrected chi connectivity index (χ4v) is 1.07. The normalized spacial score (nSPS) is 12.1. The quantitative estimate of drug-likeness (QED) is 0.481. The van der Waals surface area contributed by atoms with Crippen LogP contribution in [0.25, 0.3) is 0 Å². The predicted molar refractivity (Wildman–Crippen MR) is 55.1 cm³/mol. The molecule has 0 aromatic heterocycles. The van der Waals surface area contributed by atoms with Crippen molar-refractivity contribution in [3.63, 3.8) is 0 Å². The van der Waals surface area contributed by atoms with Gasteiger partial charge in [-0.3, -0.25) is 9.59 Å². The predicted octanol–water partition coefficient (Wildman–Crippen LogP) is 2.41. The van der Waals surface area contributed by atoms with E-state index >= 15 is 0 Å². The molecule has 0 rings (SSSR count). The molecule has 80 valence electrons. The molecule has 0 aliphatic heterocycles. The molecular weight excluding hydrogens is 180 g/mol. The average molecular weight is 198 g/mol. The van der Waals surface area contributed by atoms with Gasteiger partial charge in [-0.1, -0.05) is 13.0 Å². The maximum Gasteiger partial charge on any atom is 0.306 e. The first-order chi connectivity index (χ1) is 6.57. The van der Waals surface area contributed by atoms with E-state index in [0.717, 1.165) is 12.8 Å². The number of aliphatic carboxylic acids is 1. The van der Waals surface area contributed by atoms with E-state index in [0.29, 0.717) is 19.3 Å². The lowest BCUT2D eigenvalue weighted by atomic mass is 10.0. The molecule has 0 saturated carbocycles. The van der Waals surface area contributed by atoms with Gasteiger partial charge in [0, 0.05) is 12.8 Å². The topological polar surface area (TPSA) is 54.4 Å². The summed E-state index contributed by atoms with van der Waals surface area (Å²) in [5.74, 6) is -1.10. The van der Waals surface area contributed by atoms with Crippen LogP contribution in [0.2, 0.25) is 0 Å². The fourth-order valence-electron chi connectivity index (χ4n) is 1.07. The zero-order valence-corrected chi connectivity index (χ0v) is 8.66. The van der Waals surface area contributed by atoms with Gasteiger partial charge in [0.2, 0.25) is 0 Å². The van der Waals surface area contributed by atoms with Crippen LogP contribution in [0.15, 0.2) is 12.7 Å². The Hall–Kier alpha value is -1.12. The third-order valence-corrected chi connectivity index (χ3v) is 2.14. The van der Waals surface area contributed by atoms with Crippen molar-refractivity contribution in [1.29, 1.82) is 0 Å². The Morgan fingerprint density at radius 3 is 2.57 bits per heavy atom. The smallest absolute Gasteiger partial charge is 0.306 e. The third-order valence-electron chi connectivity index (χ3n) is 2.14. The van der Waals surface area contributed by atoms with Gasteiger partial charge < -0.3 is 5.11 Å². The molecule has 3 heteroatoms. The van der Waals surface area contributed by atoms with E-state index in [-0.39, 0.29) is 5.78 Å². The van der Waals surface area contributed by atoms with Crippen LogP contribution in [0.1, 0.15) is 39.0 Å². The Labute approximate surface area is 84.8 Å². The summed E-state index contributed by atoms with van der Waals surface area (Å²) in [7, 11) is 0. The molecule has 3 nitrogen and oxygen atoms in total. The van der Waals surface area contributed by atoms with Crippen molar-refractivity contribution in [3.05, 3.63) is 12.7 Å². The number of hydrogen-bond donors (Lipinski definition) is 1. The molecule has 1 unspecified atom stereocenters. The molecule has 0 radical (unpaired) electrons. The van der Waals surface area contributed by atoms with E-state index in [4.69, 9.17) is 5.11 Å². The summed E-state index contributed by atoms with van der Waals surface area (Å²) in [6.45, 7) is 5.19. The molecule has 0 amide bonds. The Bertz CT molecular complexity index is 209. The van der Waals surface area contributed by atoms with E-state index < -0.39 is 11.9 Å². The van der Waals surface area contributed by atoms with E-state index in [1.165, 1.54) is 0 Å². The first-order valence-corrected chi connectivity index (χ1v) is 4.93. The van der Waals surface area contributed by atoms with Crippen LogP contribution >= 0.6 is 0 Å². The van der Waals surface area contributed by atoms with Gasteiger partial charge in [-0.2, -0.15) is 0 Å². The van der Waals surface area contributed by atoms with Crippen molar-refractivity contribution in [2.45, 2.75) is 39.0 Å². The molecule has 0 aliphatic rings. The van der Waals surface area contributed by atoms with E-state index in [1.807, 2.05) is 0 Å². The van der Waals surface area contributed by atoms with Crippen molar-refractivity contribution in [2.75, 3.05) is 0 Å². The molecule has 14 heavy (non-hydrogen) atoms. The molecule has 1 atom stereocenters. The van der Waals surface area contributed by atoms with Crippen LogP contribution in [0.5, 0.6) is 0 Å². The van der Waals surface area contributed by atoms with Gasteiger partial charge in [-0.05, 0) is 19.3 Å². The van der Waals surface area contributed by atoms with Crippen LogP contribution in [0.4, 0.5) is 0 Å². The molecule has 0 aromatic carbocycles. The molecule has 0 spiro atoms. The second-order valence-electron chi connectivity index (χ2n) is 3.50. The van der Waals surface area contributed by atoms with Crippen LogP contribution in [0, 0.1) is 5.92 Å². The number of unbranched alkanes of at least 4 members (excludes halogenated alkanes) is 1. The van der Waals surface area contributed by atoms with Gasteiger partial charge >= 0.3 is 5.97 Å². The van der Waals surface area contributed by atoms with Crippen LogP contribution in [-0.2, 0) is 9.59 Å². The number of carboxylic acids is 1. The fraction of sp³-hybridized carbons (Fsp3) is 0.636. The standard InChI is InChI=1S/C11H18O3/c1-3-4-5-6-10(12)8-7-9(2)11(13)14/h3,9H,1,4-8H2,2H3,(H,13,14). The van der Waals surface area contributed by atoms with Gasteiger partial charge in [0.1, 0.15) is 5.78 Å². The van der Waals surface area contributed by atoms with Crippen LogP contribution in [-0.4, -0.2) is 16.9 Å². The van der Waals surface area contributed by atoms with Gasteiger partial charge in [-0.25, -0.2) is 0 Å². The maximum atomic E-state index is 11.2. The highest BCUT2D eigenvalue weighted by Crippen LogP contribution is 2.08. The molecule has 0 saturated heterocycles. The minimum absolute atomic E-state index is 0.153. The number of carboxylic acid groups (broad SMARTS) is 1. The van der Waals surface area contributed by atoms with E-state index in [2.05, 4.69) is 6.58 Å². The minimum Gasteiger partial charge on any atom is -0.481 e. The zero-order valence-electron chi connectivity index (χ0n) is 8.66. The number of ketones is 1. The Morgan fingerprint density at radius 1 is 1.43 bits per heavy atom. The minimum atomic E-state index is -0.830. The Morgan fingerprint density at radius 2 is 2.07 bits per heavy atom. The third kappa shape index (κ3) is 6.40. The zero-order chi connectivity index (χ0) is 11.0. The monoisotopic (exact) mass is 198 g/mol. The number of carbonyl (C=O) groups is 2. The second-order valence-corrected chi connectivity index (χ2v) is 3.50. The Kier molecular flexibility index (Phi) is 6.72. The number of hydrogen-bond acceptors (Lipinski definition) is 2. The van der Waals surface area contributed by atoms with Crippen molar-refractivity contribution < 1.29 is 14.7 Å². The van der Waals surface area contributed by atoms with Crippen LogP contribution < -0.4 is 0 Å². The molecule has 0 heterocycles. The summed E-state index contributed by atoms with van der Waals surface area (Å²) in [5.41, 5.74) is 0. The molecule has 0 aliphatic carbocycles. The van der Waals surface area contributed by atoms with Crippen LogP contribution in [0.3, 0.4) is 0 Å². The second kappa shape index (κ2) is 7.30. The van der Waals surface area contributed by atoms with Gasteiger partial charge in [0.25, 0.3) is 0 Å². The summed E-state index contributed by atoms with van der Waals surface area (Å²) >= 11 is 0. The van der Waals surface area contributed by atoms with Crippen molar-refractivity contribution >= 4 is 11.8 Å². The largest absolute Gasteiger partial charge is 0.481 e. The van der Waals surface area contributed by atoms with E-state index in [1.54, 1.807) is 13.0 Å². The highest BCUT2D eigenvalue weighted by molar-refractivity contribution is 5.79. The molecular formula is C11H18O3. The number of allylic oxidation sites excluding steroid dienone is 1. The average Bonchev–Trinajstić information content (AvgIpc) is 2.14. The number of carbonyl (C=O) groups excluding carboxylic acids is 1. The molecule has 0 fully saturated rings.